The van der Waals surface area contributed by atoms with E-state index < -0.39 is 17.4 Å². The molecule has 0 spiro atoms. The monoisotopic (exact) mass is 678 g/mol. The fourth-order valence-corrected chi connectivity index (χ4v) is 6.94. The summed E-state index contributed by atoms with van der Waals surface area (Å²) in [6.45, 7) is 2.44. The summed E-state index contributed by atoms with van der Waals surface area (Å²) in [5, 5.41) is 7.81. The van der Waals surface area contributed by atoms with E-state index in [2.05, 4.69) is 27.5 Å². The zero-order valence-corrected chi connectivity index (χ0v) is 27.5. The van der Waals surface area contributed by atoms with Crippen molar-refractivity contribution in [3.8, 4) is 5.69 Å². The van der Waals surface area contributed by atoms with Gasteiger partial charge in [0.25, 0.3) is 5.91 Å². The lowest BCUT2D eigenvalue weighted by Crippen LogP contribution is -2.51. The Kier molecular flexibility index (Phi) is 9.26. The highest BCUT2D eigenvalue weighted by Crippen LogP contribution is 2.32. The van der Waals surface area contributed by atoms with Gasteiger partial charge in [0.15, 0.2) is 11.2 Å². The molecule has 3 amide bonds. The summed E-state index contributed by atoms with van der Waals surface area (Å²) in [6.07, 6.45) is 6.16. The summed E-state index contributed by atoms with van der Waals surface area (Å²) in [5.41, 5.74) is 3.66. The van der Waals surface area contributed by atoms with Gasteiger partial charge < -0.3 is 19.5 Å². The molecular formula is C37H35ClN6O5. The fraction of sp³-hybridized carbons (Fsp3) is 0.297. The van der Waals surface area contributed by atoms with Gasteiger partial charge in [-0.2, -0.15) is 5.10 Å². The number of likely N-dealkylation sites (tertiary alicyclic amines) is 2. The average molecular weight is 679 g/mol. The van der Waals surface area contributed by atoms with E-state index >= 15 is 0 Å². The number of aromatic nitrogens is 3. The van der Waals surface area contributed by atoms with E-state index in [1.54, 1.807) is 35.2 Å². The zero-order chi connectivity index (χ0) is 33.9. The van der Waals surface area contributed by atoms with Crippen molar-refractivity contribution >= 4 is 40.3 Å². The van der Waals surface area contributed by atoms with Gasteiger partial charge in [-0.15, -0.1) is 0 Å². The maximum absolute atomic E-state index is 14.1. The van der Waals surface area contributed by atoms with Gasteiger partial charge in [0.1, 0.15) is 24.3 Å². The zero-order valence-electron chi connectivity index (χ0n) is 26.8. The molecule has 2 saturated heterocycles. The topological polar surface area (TPSA) is 131 Å². The molecule has 11 nitrogen and oxygen atoms in total. The quantitative estimate of drug-likeness (QED) is 0.235. The Balaban J connectivity index is 1.08. The molecule has 0 saturated carbocycles. The van der Waals surface area contributed by atoms with E-state index in [1.165, 1.54) is 22.9 Å². The number of amides is 3. The van der Waals surface area contributed by atoms with Gasteiger partial charge >= 0.3 is 0 Å². The molecule has 2 aliphatic heterocycles. The summed E-state index contributed by atoms with van der Waals surface area (Å²) in [5.74, 6) is -0.611. The summed E-state index contributed by atoms with van der Waals surface area (Å²) in [4.78, 5) is 60.7. The molecule has 5 aromatic rings. The molecule has 0 radical (unpaired) electrons. The van der Waals surface area contributed by atoms with Crippen LogP contribution in [0.1, 0.15) is 58.8 Å². The van der Waals surface area contributed by atoms with Crippen molar-refractivity contribution in [3.05, 3.63) is 123 Å². The summed E-state index contributed by atoms with van der Waals surface area (Å²) >= 11 is 6.11. The van der Waals surface area contributed by atoms with Crippen molar-refractivity contribution in [1.82, 2.24) is 29.9 Å². The largest absolute Gasteiger partial charge is 0.451 e. The van der Waals surface area contributed by atoms with Crippen LogP contribution in [0.25, 0.3) is 16.7 Å². The number of rotatable bonds is 9. The van der Waals surface area contributed by atoms with Gasteiger partial charge in [-0.25, -0.2) is 9.67 Å². The molecule has 2 fully saturated rings. The van der Waals surface area contributed by atoms with Gasteiger partial charge in [0.2, 0.25) is 11.8 Å². The minimum Gasteiger partial charge on any atom is -0.451 e. The predicted molar refractivity (Wildman–Crippen MR) is 183 cm³/mol. The molecular weight excluding hydrogens is 644 g/mol. The molecule has 4 heterocycles. The molecule has 1 N–H and O–H groups in total. The second kappa shape index (κ2) is 14.1. The van der Waals surface area contributed by atoms with E-state index in [0.29, 0.717) is 36.8 Å². The van der Waals surface area contributed by atoms with Crippen LogP contribution in [0.5, 0.6) is 0 Å². The Morgan fingerprint density at radius 3 is 2.51 bits per heavy atom. The Morgan fingerprint density at radius 2 is 1.78 bits per heavy atom. The number of nitrogens with zero attached hydrogens (tertiary/aromatic N) is 5. The lowest BCUT2D eigenvalue weighted by Gasteiger charge is -2.35. The molecule has 250 valence electrons. The fourth-order valence-electron chi connectivity index (χ4n) is 6.81. The third-order valence-corrected chi connectivity index (χ3v) is 9.66. The van der Waals surface area contributed by atoms with Crippen LogP contribution in [0.15, 0.2) is 94.7 Å². The van der Waals surface area contributed by atoms with Gasteiger partial charge in [0, 0.05) is 50.1 Å². The van der Waals surface area contributed by atoms with E-state index in [1.807, 2.05) is 29.2 Å². The van der Waals surface area contributed by atoms with Crippen LogP contribution in [-0.2, 0) is 22.6 Å². The normalized spacial score (nSPS) is 15.9. The third kappa shape index (κ3) is 7.12. The molecule has 0 bridgehead atoms. The second-order valence-electron chi connectivity index (χ2n) is 12.6. The van der Waals surface area contributed by atoms with Crippen LogP contribution >= 0.6 is 11.6 Å². The highest BCUT2D eigenvalue weighted by Gasteiger charge is 2.32. The Labute approximate surface area is 287 Å². The number of piperidine rings is 1. The molecule has 0 unspecified atom stereocenters. The first-order valence-electron chi connectivity index (χ1n) is 16.4. The van der Waals surface area contributed by atoms with Crippen molar-refractivity contribution in [3.63, 3.8) is 0 Å². The standard InChI is InChI=1S/C37H35ClN6O5/c38-27-9-7-24(8-10-27)18-31(41-36(47)34-20-32(45)30-19-28(11-12-33(30)49-34)44-23-39-22-40-44)37(48)42-16-13-25(14-17-42)29-5-2-1-4-26(29)21-43-15-3-6-35(43)46/h1-2,4-5,7-12,19-20,22-23,25,31H,3,6,13-18,21H2,(H,41,47)/t31-/m0/s1. The number of hydrogen-bond donors (Lipinski definition) is 1. The molecule has 49 heavy (non-hydrogen) atoms. The Hall–Kier alpha value is -5.29. The third-order valence-electron chi connectivity index (χ3n) is 9.41. The van der Waals surface area contributed by atoms with E-state index in [9.17, 15) is 19.2 Å². The first-order valence-corrected chi connectivity index (χ1v) is 16.8. The minimum absolute atomic E-state index is 0.188. The lowest BCUT2D eigenvalue weighted by atomic mass is 9.86. The lowest BCUT2D eigenvalue weighted by molar-refractivity contribution is -0.134. The van der Waals surface area contributed by atoms with Crippen LogP contribution < -0.4 is 10.7 Å². The van der Waals surface area contributed by atoms with Crippen molar-refractivity contribution in [2.24, 2.45) is 0 Å². The molecule has 3 aromatic carbocycles. The van der Waals surface area contributed by atoms with Crippen LogP contribution in [0.3, 0.4) is 0 Å². The SMILES string of the molecule is O=C(N[C@@H](Cc1ccc(Cl)cc1)C(=O)N1CCC(c2ccccc2CN2CCCC2=O)CC1)c1cc(=O)c2cc(-n3cncn3)ccc2o1. The number of fused-ring (bicyclic) bond motifs is 1. The van der Waals surface area contributed by atoms with E-state index in [4.69, 9.17) is 16.0 Å². The van der Waals surface area contributed by atoms with Gasteiger partial charge in [0.05, 0.1) is 11.1 Å². The predicted octanol–water partition coefficient (Wildman–Crippen LogP) is 4.90. The first-order chi connectivity index (χ1) is 23.8. The van der Waals surface area contributed by atoms with E-state index in [0.717, 1.165) is 43.0 Å². The van der Waals surface area contributed by atoms with Crippen molar-refractivity contribution < 1.29 is 18.8 Å². The molecule has 2 aromatic heterocycles. The number of halogens is 1. The van der Waals surface area contributed by atoms with Crippen molar-refractivity contribution in [2.45, 2.75) is 50.6 Å². The van der Waals surface area contributed by atoms with Crippen molar-refractivity contribution in [1.29, 1.82) is 0 Å². The average Bonchev–Trinajstić information content (AvgIpc) is 3.81. The number of carbonyl (C=O) groups is 3. The van der Waals surface area contributed by atoms with Crippen LogP contribution in [0, 0.1) is 0 Å². The number of nitrogens with one attached hydrogen (secondary N) is 1. The van der Waals surface area contributed by atoms with Crippen LogP contribution in [-0.4, -0.2) is 68.0 Å². The molecule has 1 atom stereocenters. The maximum atomic E-state index is 14.1. The van der Waals surface area contributed by atoms with Gasteiger partial charge in [-0.1, -0.05) is 48.0 Å². The molecule has 2 aliphatic rings. The maximum Gasteiger partial charge on any atom is 0.287 e. The molecule has 0 aliphatic carbocycles. The minimum atomic E-state index is -0.908. The number of benzene rings is 3. The van der Waals surface area contributed by atoms with Gasteiger partial charge in [-0.05, 0) is 72.2 Å². The summed E-state index contributed by atoms with van der Waals surface area (Å²) < 4.78 is 7.39. The summed E-state index contributed by atoms with van der Waals surface area (Å²) in [6, 6.07) is 20.6. The highest BCUT2D eigenvalue weighted by atomic mass is 35.5. The van der Waals surface area contributed by atoms with Crippen LogP contribution in [0.2, 0.25) is 5.02 Å². The Bertz CT molecular complexity index is 2050. The first kappa shape index (κ1) is 32.3. The number of hydrogen-bond acceptors (Lipinski definition) is 7. The highest BCUT2D eigenvalue weighted by molar-refractivity contribution is 6.30. The summed E-state index contributed by atoms with van der Waals surface area (Å²) in [7, 11) is 0. The smallest absolute Gasteiger partial charge is 0.287 e. The van der Waals surface area contributed by atoms with Crippen molar-refractivity contribution in [2.75, 3.05) is 19.6 Å². The second-order valence-corrected chi connectivity index (χ2v) is 13.0. The van der Waals surface area contributed by atoms with Crippen LogP contribution in [0.4, 0.5) is 0 Å². The number of carbonyl (C=O) groups excluding carboxylic acids is 3. The molecule has 12 heteroatoms. The Morgan fingerprint density at radius 1 is 0.980 bits per heavy atom. The van der Waals surface area contributed by atoms with E-state index in [-0.39, 0.29) is 40.9 Å². The molecule has 7 rings (SSSR count). The van der Waals surface area contributed by atoms with Gasteiger partial charge in [-0.3, -0.25) is 19.2 Å².